The van der Waals surface area contributed by atoms with Crippen LogP contribution in [0.2, 0.25) is 0 Å². The van der Waals surface area contributed by atoms with Crippen molar-refractivity contribution in [2.75, 3.05) is 40.0 Å². The van der Waals surface area contributed by atoms with E-state index in [-0.39, 0.29) is 17.0 Å². The third-order valence-corrected chi connectivity index (χ3v) is 5.84. The van der Waals surface area contributed by atoms with Gasteiger partial charge in [0.15, 0.2) is 0 Å². The van der Waals surface area contributed by atoms with E-state index in [9.17, 15) is 0 Å². The lowest BCUT2D eigenvalue weighted by Gasteiger charge is -2.19. The van der Waals surface area contributed by atoms with E-state index in [0.29, 0.717) is 6.61 Å². The highest BCUT2D eigenvalue weighted by Crippen LogP contribution is 2.33. The van der Waals surface area contributed by atoms with Crippen molar-refractivity contribution in [3.63, 3.8) is 0 Å². The summed E-state index contributed by atoms with van der Waals surface area (Å²) in [4.78, 5) is 2.38. The number of nitrogens with zero attached hydrogens (tertiary/aromatic N) is 2. The smallest absolute Gasteiger partial charge is 0.120 e. The van der Waals surface area contributed by atoms with Gasteiger partial charge in [-0.2, -0.15) is 4.37 Å². The molecule has 0 amide bonds. The molecule has 0 spiro atoms. The van der Waals surface area contributed by atoms with Crippen LogP contribution in [0.3, 0.4) is 0 Å². The predicted molar refractivity (Wildman–Crippen MR) is 127 cm³/mol. The lowest BCUT2D eigenvalue weighted by Crippen LogP contribution is -2.29. The number of rotatable bonds is 10. The van der Waals surface area contributed by atoms with Crippen LogP contribution in [0, 0.1) is 0 Å². The molecule has 0 N–H and O–H groups in total. The van der Waals surface area contributed by atoms with Gasteiger partial charge in [0.05, 0.1) is 23.6 Å². The molecule has 0 radical (unpaired) electrons. The van der Waals surface area contributed by atoms with Gasteiger partial charge in [0.2, 0.25) is 0 Å². The van der Waals surface area contributed by atoms with Gasteiger partial charge < -0.3 is 14.4 Å². The number of hydrogen-bond acceptors (Lipinski definition) is 5. The van der Waals surface area contributed by atoms with Crippen LogP contribution in [0.4, 0.5) is 0 Å². The molecule has 1 heterocycles. The first-order valence-corrected chi connectivity index (χ1v) is 10.8. The number of likely N-dealkylation sites (N-methyl/N-ethyl adjacent to an activating group) is 1. The topological polar surface area (TPSA) is 34.6 Å². The molecule has 1 aromatic heterocycles. The van der Waals surface area contributed by atoms with Gasteiger partial charge >= 0.3 is 0 Å². The Morgan fingerprint density at radius 2 is 1.86 bits per heavy atom. The predicted octanol–water partition coefficient (Wildman–Crippen LogP) is 6.04. The first kappa shape index (κ1) is 23.3. The number of aromatic nitrogens is 1. The molecular formula is C21H26Br2N2O2S. The molecule has 3 rings (SSSR count). The first-order valence-electron chi connectivity index (χ1n) is 9.20. The summed E-state index contributed by atoms with van der Waals surface area (Å²) in [5.74, 6) is 0.911. The fourth-order valence-electron chi connectivity index (χ4n) is 2.95. The zero-order chi connectivity index (χ0) is 19.1. The lowest BCUT2D eigenvalue weighted by molar-refractivity contribution is 0.146. The minimum Gasteiger partial charge on any atom is -0.493 e. The van der Waals surface area contributed by atoms with Crippen LogP contribution in [-0.2, 0) is 4.74 Å². The van der Waals surface area contributed by atoms with Crippen molar-refractivity contribution >= 4 is 54.5 Å². The summed E-state index contributed by atoms with van der Waals surface area (Å²) in [7, 11) is 1.74. The van der Waals surface area contributed by atoms with Crippen LogP contribution in [0.15, 0.2) is 46.9 Å². The SMILES string of the molecule is Br.CCN(CCCOc1ccc2c(-c3ccc(Br)cc3)nsc2c1)CCOC. The first-order chi connectivity index (χ1) is 13.2. The maximum Gasteiger partial charge on any atom is 0.120 e. The van der Waals surface area contributed by atoms with E-state index < -0.39 is 0 Å². The highest BCUT2D eigenvalue weighted by Gasteiger charge is 2.10. The molecule has 0 bridgehead atoms. The molecular weight excluding hydrogens is 504 g/mol. The standard InChI is InChI=1S/C21H25BrN2O2S.BrH/c1-3-24(12-14-25-2)11-4-13-26-18-9-10-19-20(15-18)27-23-21(19)16-5-7-17(22)8-6-16;/h5-10,15H,3-4,11-14H2,1-2H3;1H. The van der Waals surface area contributed by atoms with E-state index >= 15 is 0 Å². The monoisotopic (exact) mass is 528 g/mol. The molecule has 152 valence electrons. The third kappa shape index (κ3) is 6.26. The largest absolute Gasteiger partial charge is 0.493 e. The summed E-state index contributed by atoms with van der Waals surface area (Å²) >= 11 is 5.00. The van der Waals surface area contributed by atoms with Crippen LogP contribution < -0.4 is 4.74 Å². The van der Waals surface area contributed by atoms with E-state index in [1.165, 1.54) is 16.9 Å². The van der Waals surface area contributed by atoms with E-state index in [1.807, 2.05) is 18.2 Å². The van der Waals surface area contributed by atoms with E-state index in [4.69, 9.17) is 9.47 Å². The average Bonchev–Trinajstić information content (AvgIpc) is 3.11. The van der Waals surface area contributed by atoms with Gasteiger partial charge in [-0.15, -0.1) is 17.0 Å². The molecule has 7 heteroatoms. The Hall–Kier alpha value is -0.990. The Labute approximate surface area is 189 Å². The molecule has 4 nitrogen and oxygen atoms in total. The van der Waals surface area contributed by atoms with E-state index in [1.54, 1.807) is 7.11 Å². The van der Waals surface area contributed by atoms with Crippen LogP contribution in [0.5, 0.6) is 5.75 Å². The highest BCUT2D eigenvalue weighted by atomic mass is 79.9. The van der Waals surface area contributed by atoms with Gasteiger partial charge in [-0.3, -0.25) is 0 Å². The third-order valence-electron chi connectivity index (χ3n) is 4.51. The van der Waals surface area contributed by atoms with Crippen molar-refractivity contribution in [2.24, 2.45) is 0 Å². The van der Waals surface area contributed by atoms with Gasteiger partial charge in [0.1, 0.15) is 5.75 Å². The van der Waals surface area contributed by atoms with Gasteiger partial charge in [-0.25, -0.2) is 0 Å². The van der Waals surface area contributed by atoms with Crippen molar-refractivity contribution in [2.45, 2.75) is 13.3 Å². The number of benzene rings is 2. The summed E-state index contributed by atoms with van der Waals surface area (Å²) in [6.45, 7) is 6.70. The molecule has 3 aromatic rings. The lowest BCUT2D eigenvalue weighted by atomic mass is 10.1. The molecule has 0 unspecified atom stereocenters. The van der Waals surface area contributed by atoms with Crippen LogP contribution in [0.25, 0.3) is 21.3 Å². The Morgan fingerprint density at radius 3 is 2.57 bits per heavy atom. The fraction of sp³-hybridized carbons (Fsp3) is 0.381. The minimum atomic E-state index is 0. The van der Waals surface area contributed by atoms with Crippen molar-refractivity contribution in [3.8, 4) is 17.0 Å². The minimum absolute atomic E-state index is 0. The van der Waals surface area contributed by atoms with Gasteiger partial charge in [-0.05, 0) is 54.8 Å². The molecule has 0 aliphatic carbocycles. The Balaban J connectivity index is 0.00000280. The van der Waals surface area contributed by atoms with Gasteiger partial charge in [0, 0.05) is 35.6 Å². The summed E-state index contributed by atoms with van der Waals surface area (Å²) in [5, 5.41) is 1.17. The Bertz CT molecular complexity index is 855. The van der Waals surface area contributed by atoms with E-state index in [0.717, 1.165) is 58.8 Å². The second-order valence-corrected chi connectivity index (χ2v) is 8.05. The molecule has 0 saturated heterocycles. The van der Waals surface area contributed by atoms with Crippen molar-refractivity contribution in [1.29, 1.82) is 0 Å². The van der Waals surface area contributed by atoms with Crippen LogP contribution in [0.1, 0.15) is 13.3 Å². The zero-order valence-electron chi connectivity index (χ0n) is 16.2. The summed E-state index contributed by atoms with van der Waals surface area (Å²) in [6, 6.07) is 14.5. The molecule has 28 heavy (non-hydrogen) atoms. The molecule has 0 saturated carbocycles. The number of methoxy groups -OCH3 is 1. The fourth-order valence-corrected chi connectivity index (χ4v) is 4.04. The molecule has 0 fully saturated rings. The second kappa shape index (κ2) is 11.9. The van der Waals surface area contributed by atoms with Crippen molar-refractivity contribution < 1.29 is 9.47 Å². The zero-order valence-corrected chi connectivity index (χ0v) is 20.3. The van der Waals surface area contributed by atoms with Crippen LogP contribution in [-0.4, -0.2) is 49.2 Å². The highest BCUT2D eigenvalue weighted by molar-refractivity contribution is 9.10. The van der Waals surface area contributed by atoms with Crippen LogP contribution >= 0.6 is 44.4 Å². The average molecular weight is 530 g/mol. The summed E-state index contributed by atoms with van der Waals surface area (Å²) < 4.78 is 18.0. The number of ether oxygens (including phenoxy) is 2. The Kier molecular flexibility index (Phi) is 9.88. The second-order valence-electron chi connectivity index (χ2n) is 6.33. The quantitative estimate of drug-likeness (QED) is 0.300. The molecule has 2 aromatic carbocycles. The molecule has 0 aliphatic heterocycles. The summed E-state index contributed by atoms with van der Waals surface area (Å²) in [5.41, 5.74) is 2.17. The van der Waals surface area contributed by atoms with E-state index in [2.05, 4.69) is 56.4 Å². The maximum atomic E-state index is 5.96. The number of halogens is 2. The number of fused-ring (bicyclic) bond motifs is 1. The van der Waals surface area contributed by atoms with Gasteiger partial charge in [-0.1, -0.05) is 35.0 Å². The molecule has 0 atom stereocenters. The van der Waals surface area contributed by atoms with Crippen molar-refractivity contribution in [1.82, 2.24) is 9.27 Å². The van der Waals surface area contributed by atoms with Crippen molar-refractivity contribution in [3.05, 3.63) is 46.9 Å². The Morgan fingerprint density at radius 1 is 1.07 bits per heavy atom. The summed E-state index contributed by atoms with van der Waals surface area (Å²) in [6.07, 6.45) is 1.00. The maximum absolute atomic E-state index is 5.96. The normalized spacial score (nSPS) is 11.0. The van der Waals surface area contributed by atoms with Gasteiger partial charge in [0.25, 0.3) is 0 Å². The molecule has 0 aliphatic rings. The number of hydrogen-bond donors (Lipinski definition) is 0.